The maximum atomic E-state index is 13.6. The van der Waals surface area contributed by atoms with Crippen LogP contribution in [0.4, 0.5) is 0 Å². The van der Waals surface area contributed by atoms with E-state index in [1.54, 1.807) is 17.0 Å². The summed E-state index contributed by atoms with van der Waals surface area (Å²) in [6.07, 6.45) is 2.70. The van der Waals surface area contributed by atoms with E-state index < -0.39 is 40.1 Å². The predicted molar refractivity (Wildman–Crippen MR) is 143 cm³/mol. The fourth-order valence-electron chi connectivity index (χ4n) is 5.08. The van der Waals surface area contributed by atoms with Crippen molar-refractivity contribution in [2.75, 3.05) is 0 Å². The summed E-state index contributed by atoms with van der Waals surface area (Å²) in [6.45, 7) is 3.91. The van der Waals surface area contributed by atoms with Crippen LogP contribution in [-0.4, -0.2) is 74.5 Å². The summed E-state index contributed by atoms with van der Waals surface area (Å²) < 4.78 is -0.459. The number of pyridine rings is 2. The Morgan fingerprint density at radius 1 is 1.20 bits per heavy atom. The summed E-state index contributed by atoms with van der Waals surface area (Å²) in [5, 5.41) is 28.9. The Bertz CT molecular complexity index is 1700. The Labute approximate surface area is 259 Å². The van der Waals surface area contributed by atoms with Crippen LogP contribution in [0.1, 0.15) is 49.1 Å². The van der Waals surface area contributed by atoms with Crippen LogP contribution in [0.15, 0.2) is 53.6 Å². The zero-order valence-electron chi connectivity index (χ0n) is 23.2. The number of aromatic amines is 2. The smallest absolute Gasteiger partial charge is 1.00 e. The minimum atomic E-state index is -1.28. The molecule has 2 fully saturated rings. The maximum Gasteiger partial charge on any atom is 1.00 e. The molecule has 4 aromatic rings. The number of thioether (sulfide) groups is 1. The van der Waals surface area contributed by atoms with Crippen molar-refractivity contribution >= 4 is 40.5 Å². The van der Waals surface area contributed by atoms with Gasteiger partial charge in [0, 0.05) is 17.1 Å². The topological polar surface area (TPSA) is 199 Å². The summed E-state index contributed by atoms with van der Waals surface area (Å²) in [5.41, 5.74) is 0.0501. The van der Waals surface area contributed by atoms with Crippen LogP contribution in [0.3, 0.4) is 0 Å². The van der Waals surface area contributed by atoms with E-state index in [1.807, 2.05) is 13.8 Å². The molecule has 2 aliphatic heterocycles. The number of carbonyl (C=O) groups is 3. The zero-order valence-corrected chi connectivity index (χ0v) is 25.0. The van der Waals surface area contributed by atoms with Crippen molar-refractivity contribution in [1.82, 2.24) is 46.1 Å². The summed E-state index contributed by atoms with van der Waals surface area (Å²) in [4.78, 5) is 61.6. The average Bonchev–Trinajstić information content (AvgIpc) is 3.55. The first kappa shape index (κ1) is 28.7. The molecule has 2 saturated heterocycles. The monoisotopic (exact) mass is 585 g/mol. The van der Waals surface area contributed by atoms with E-state index in [1.165, 1.54) is 48.4 Å². The van der Waals surface area contributed by atoms with Crippen LogP contribution in [0.5, 0.6) is 5.75 Å². The Balaban J connectivity index is 0.00000202. The van der Waals surface area contributed by atoms with Crippen LogP contribution >= 0.6 is 11.8 Å². The van der Waals surface area contributed by atoms with E-state index in [9.17, 15) is 24.3 Å². The molecule has 3 amide bonds. The second-order valence-electron chi connectivity index (χ2n) is 9.95. The Morgan fingerprint density at radius 2 is 1.95 bits per heavy atom. The van der Waals surface area contributed by atoms with Crippen LogP contribution < -0.4 is 45.6 Å². The maximum absolute atomic E-state index is 13.6. The fourth-order valence-corrected chi connectivity index (χ4v) is 6.71. The standard InChI is InChI=1S/C25H23N9O5S.Na.H/c1-25(2)19(20-30-32-33-31-20)34-23(39)17(24(34)40-25)29-22(38)15(11-5-7-12(35)8-6-11)28-21(37)13-10-27-14-4-3-9-26-16(14)18(13)36;;/h3-10,15,17,19,24,35H,1-2H3,(H,27,36)(H,28,37)(H,29,38)(H,30,31,32,33);;/q;+1;-1/t15?,17?,19?,24-;;/m0../s1. The van der Waals surface area contributed by atoms with Gasteiger partial charge in [-0.25, -0.2) is 0 Å². The minimum Gasteiger partial charge on any atom is -1.00 e. The third-order valence-electron chi connectivity index (χ3n) is 6.99. The summed E-state index contributed by atoms with van der Waals surface area (Å²) in [6, 6.07) is 6.41. The van der Waals surface area contributed by atoms with Gasteiger partial charge in [0.15, 0.2) is 5.82 Å². The molecular formula is C25H24N9NaO5S. The normalized spacial score (nSPS) is 21.4. The van der Waals surface area contributed by atoms with Crippen molar-refractivity contribution in [3.05, 3.63) is 76.0 Å². The van der Waals surface area contributed by atoms with Gasteiger partial charge in [-0.05, 0) is 43.7 Å². The number of nitrogens with zero attached hydrogens (tertiary/aromatic N) is 5. The van der Waals surface area contributed by atoms with Gasteiger partial charge in [-0.2, -0.15) is 5.21 Å². The number of rotatable bonds is 6. The van der Waals surface area contributed by atoms with Crippen LogP contribution in [0.25, 0.3) is 11.0 Å². The predicted octanol–water partition coefficient (Wildman–Crippen LogP) is -2.35. The molecule has 6 rings (SSSR count). The summed E-state index contributed by atoms with van der Waals surface area (Å²) >= 11 is 1.50. The Morgan fingerprint density at radius 3 is 2.66 bits per heavy atom. The number of nitrogens with one attached hydrogen (secondary N) is 4. The van der Waals surface area contributed by atoms with Gasteiger partial charge in [-0.1, -0.05) is 17.3 Å². The molecule has 3 unspecified atom stereocenters. The number of aromatic nitrogens is 6. The zero-order chi connectivity index (χ0) is 28.2. The molecule has 5 N–H and O–H groups in total. The van der Waals surface area contributed by atoms with E-state index in [0.29, 0.717) is 16.9 Å². The van der Waals surface area contributed by atoms with Crippen LogP contribution in [0.2, 0.25) is 0 Å². The molecule has 4 atom stereocenters. The number of phenols is 1. The van der Waals surface area contributed by atoms with Gasteiger partial charge in [0.2, 0.25) is 17.2 Å². The largest absolute Gasteiger partial charge is 1.00 e. The van der Waals surface area contributed by atoms with Gasteiger partial charge in [-0.15, -0.1) is 22.0 Å². The van der Waals surface area contributed by atoms with Gasteiger partial charge in [0.1, 0.15) is 40.3 Å². The number of carbonyl (C=O) groups excluding carboxylic acids is 3. The number of tetrazole rings is 1. The molecule has 0 spiro atoms. The molecule has 0 aliphatic carbocycles. The number of phenolic OH excluding ortho intramolecular Hbond substituents is 1. The van der Waals surface area contributed by atoms with Crippen molar-refractivity contribution < 1.29 is 50.5 Å². The molecule has 1 aromatic carbocycles. The fraction of sp³-hybridized carbons (Fsp3) is 0.280. The van der Waals surface area contributed by atoms with Gasteiger partial charge in [-0.3, -0.25) is 24.2 Å². The Kier molecular flexibility index (Phi) is 7.63. The first-order chi connectivity index (χ1) is 19.2. The molecule has 0 bridgehead atoms. The number of fused-ring (bicyclic) bond motifs is 2. The minimum absolute atomic E-state index is 0. The molecular weight excluding hydrogens is 561 g/mol. The molecule has 2 aliphatic rings. The third-order valence-corrected chi connectivity index (χ3v) is 8.56. The number of hydrogen-bond donors (Lipinski definition) is 5. The molecule has 5 heterocycles. The van der Waals surface area contributed by atoms with E-state index in [2.05, 4.69) is 41.2 Å². The van der Waals surface area contributed by atoms with Gasteiger partial charge in [0.25, 0.3) is 5.91 Å². The van der Waals surface area contributed by atoms with Crippen molar-refractivity contribution in [1.29, 1.82) is 0 Å². The quantitative estimate of drug-likeness (QED) is 0.121. The van der Waals surface area contributed by atoms with Crippen molar-refractivity contribution in [2.24, 2.45) is 0 Å². The van der Waals surface area contributed by atoms with Gasteiger partial charge >= 0.3 is 29.6 Å². The molecule has 3 aromatic heterocycles. The number of amides is 3. The number of benzene rings is 1. The number of β-lactam (4-membered cyclic amide) rings is 1. The van der Waals surface area contributed by atoms with Crippen LogP contribution in [0, 0.1) is 0 Å². The van der Waals surface area contributed by atoms with Gasteiger partial charge < -0.3 is 27.1 Å². The third kappa shape index (κ3) is 4.98. The van der Waals surface area contributed by atoms with E-state index in [4.69, 9.17) is 0 Å². The SMILES string of the molecule is CC1(C)S[C@H]2C(NC(=O)C(NC(=O)c3c[nH]c4cccnc4c3=O)c3ccc(O)cc3)C(=O)N2C1c1nn[nH]n1.[H-].[Na+]. The Hall–Kier alpha value is -3.79. The van der Waals surface area contributed by atoms with Crippen molar-refractivity contribution in [3.8, 4) is 5.75 Å². The first-order valence-electron chi connectivity index (χ1n) is 12.3. The van der Waals surface area contributed by atoms with Crippen molar-refractivity contribution in [2.45, 2.75) is 42.1 Å². The molecule has 0 saturated carbocycles. The summed E-state index contributed by atoms with van der Waals surface area (Å²) in [5.74, 6) is -1.44. The number of hydrogen-bond acceptors (Lipinski definition) is 10. The summed E-state index contributed by atoms with van der Waals surface area (Å²) in [7, 11) is 0. The molecule has 16 heteroatoms. The molecule has 206 valence electrons. The molecule has 41 heavy (non-hydrogen) atoms. The van der Waals surface area contributed by atoms with E-state index >= 15 is 0 Å². The molecule has 14 nitrogen and oxygen atoms in total. The average molecular weight is 586 g/mol. The second kappa shape index (κ2) is 10.9. The van der Waals surface area contributed by atoms with Crippen molar-refractivity contribution in [3.63, 3.8) is 0 Å². The van der Waals surface area contributed by atoms with E-state index in [0.717, 1.165) is 0 Å². The van der Waals surface area contributed by atoms with Gasteiger partial charge in [0.05, 0.1) is 5.52 Å². The first-order valence-corrected chi connectivity index (χ1v) is 13.1. The number of aromatic hydroxyl groups is 1. The number of H-pyrrole nitrogens is 2. The molecule has 0 radical (unpaired) electrons. The van der Waals surface area contributed by atoms with E-state index in [-0.39, 0.29) is 59.1 Å². The second-order valence-corrected chi connectivity index (χ2v) is 11.7. The van der Waals surface area contributed by atoms with Crippen LogP contribution in [-0.2, 0) is 9.59 Å².